The number of esters is 1. The van der Waals surface area contributed by atoms with E-state index in [2.05, 4.69) is 5.32 Å². The van der Waals surface area contributed by atoms with Gasteiger partial charge in [0.2, 0.25) is 5.91 Å². The van der Waals surface area contributed by atoms with Crippen LogP contribution in [0.4, 0.5) is 0 Å². The maximum Gasteiger partial charge on any atom is 0.329 e. The van der Waals surface area contributed by atoms with Gasteiger partial charge in [-0.3, -0.25) is 4.79 Å². The van der Waals surface area contributed by atoms with Crippen molar-refractivity contribution in [1.29, 1.82) is 0 Å². The first kappa shape index (κ1) is 16.7. The fraction of sp³-hybridized carbons (Fsp3) is 0.750. The summed E-state index contributed by atoms with van der Waals surface area (Å²) in [5.41, 5.74) is -0.539. The summed E-state index contributed by atoms with van der Waals surface area (Å²) in [6, 6.07) is -0.563. The number of rotatable bonds is 5. The quantitative estimate of drug-likeness (QED) is 0.623. The van der Waals surface area contributed by atoms with Crippen molar-refractivity contribution in [2.24, 2.45) is 11.8 Å². The van der Waals surface area contributed by atoms with Crippen LogP contribution in [-0.4, -0.2) is 23.5 Å². The summed E-state index contributed by atoms with van der Waals surface area (Å²) in [6.07, 6.45) is 6.35. The molecule has 1 rings (SSSR count). The molecular weight excluding hydrogens is 254 g/mol. The van der Waals surface area contributed by atoms with E-state index in [0.29, 0.717) is 0 Å². The van der Waals surface area contributed by atoms with Gasteiger partial charge in [-0.05, 0) is 39.5 Å². The van der Waals surface area contributed by atoms with Crippen LogP contribution >= 0.6 is 0 Å². The second-order valence-corrected chi connectivity index (χ2v) is 6.54. The number of nitrogens with one attached hydrogen (secondary N) is 1. The number of carbonyl (C=O) groups excluding carboxylic acids is 2. The highest BCUT2D eigenvalue weighted by molar-refractivity contribution is 5.86. The Bertz CT molecular complexity index is 374. The van der Waals surface area contributed by atoms with Crippen molar-refractivity contribution in [3.05, 3.63) is 12.2 Å². The average molecular weight is 281 g/mol. The minimum absolute atomic E-state index is 0.0380. The van der Waals surface area contributed by atoms with Gasteiger partial charge in [0.25, 0.3) is 0 Å². The Labute approximate surface area is 122 Å². The normalized spacial score (nSPS) is 18.6. The molecule has 114 valence electrons. The van der Waals surface area contributed by atoms with E-state index in [-0.39, 0.29) is 23.7 Å². The Hall–Kier alpha value is -1.32. The van der Waals surface area contributed by atoms with Crippen LogP contribution in [0.2, 0.25) is 0 Å². The third-order valence-electron chi connectivity index (χ3n) is 3.55. The van der Waals surface area contributed by atoms with Gasteiger partial charge >= 0.3 is 5.97 Å². The first-order valence-electron chi connectivity index (χ1n) is 7.42. The highest BCUT2D eigenvalue weighted by atomic mass is 16.6. The Balaban J connectivity index is 2.68. The van der Waals surface area contributed by atoms with E-state index in [1.165, 1.54) is 0 Å². The molecule has 0 aliphatic heterocycles. The van der Waals surface area contributed by atoms with Gasteiger partial charge in [-0.15, -0.1) is 0 Å². The van der Waals surface area contributed by atoms with Crippen molar-refractivity contribution in [2.45, 2.75) is 65.5 Å². The molecule has 4 heteroatoms. The highest BCUT2D eigenvalue weighted by Gasteiger charge is 2.32. The number of hydrogen-bond acceptors (Lipinski definition) is 3. The number of allylic oxidation sites excluding steroid dienone is 2. The summed E-state index contributed by atoms with van der Waals surface area (Å²) in [4.78, 5) is 24.4. The minimum atomic E-state index is -0.563. The molecule has 0 saturated heterocycles. The zero-order chi connectivity index (χ0) is 15.3. The Kier molecular flexibility index (Phi) is 5.78. The van der Waals surface area contributed by atoms with Gasteiger partial charge in [0, 0.05) is 5.92 Å². The molecule has 0 heterocycles. The molecule has 2 atom stereocenters. The molecule has 0 aromatic carbocycles. The van der Waals surface area contributed by atoms with Crippen molar-refractivity contribution >= 4 is 11.9 Å². The Morgan fingerprint density at radius 3 is 2.30 bits per heavy atom. The van der Waals surface area contributed by atoms with Gasteiger partial charge in [0.15, 0.2) is 0 Å². The Morgan fingerprint density at radius 2 is 1.85 bits per heavy atom. The number of ether oxygens (including phenoxy) is 1. The molecule has 0 bridgehead atoms. The molecule has 0 saturated carbocycles. The van der Waals surface area contributed by atoms with Crippen LogP contribution in [0.15, 0.2) is 12.2 Å². The number of amides is 1. The lowest BCUT2D eigenvalue weighted by Gasteiger charge is -2.28. The first-order valence-corrected chi connectivity index (χ1v) is 7.42. The van der Waals surface area contributed by atoms with E-state index in [1.807, 2.05) is 46.8 Å². The molecule has 0 aromatic heterocycles. The van der Waals surface area contributed by atoms with Crippen molar-refractivity contribution < 1.29 is 14.3 Å². The van der Waals surface area contributed by atoms with E-state index in [1.54, 1.807) is 0 Å². The maximum absolute atomic E-state index is 12.3. The second-order valence-electron chi connectivity index (χ2n) is 6.54. The summed E-state index contributed by atoms with van der Waals surface area (Å²) >= 11 is 0. The van der Waals surface area contributed by atoms with Crippen LogP contribution in [0.1, 0.15) is 53.9 Å². The summed E-state index contributed by atoms with van der Waals surface area (Å²) in [7, 11) is 0. The largest absolute Gasteiger partial charge is 0.458 e. The fourth-order valence-corrected chi connectivity index (χ4v) is 2.14. The van der Waals surface area contributed by atoms with Gasteiger partial charge in [-0.2, -0.15) is 0 Å². The standard InChI is InChI=1S/C16H27NO3/c1-6-11(2)13(15(19)20-16(3,4)5)17-14(18)12-9-7-8-10-12/h7-8,11-13H,6,9-10H2,1-5H3,(H,17,18)/t11-,13-/m0/s1. The van der Waals surface area contributed by atoms with E-state index < -0.39 is 11.6 Å². The SMILES string of the molecule is CC[C@H](C)[C@H](NC(=O)C1CC=CC1)C(=O)OC(C)(C)C. The van der Waals surface area contributed by atoms with Crippen LogP contribution in [0.5, 0.6) is 0 Å². The number of hydrogen-bond donors (Lipinski definition) is 1. The summed E-state index contributed by atoms with van der Waals surface area (Å²) in [5.74, 6) is -0.371. The third kappa shape index (κ3) is 4.99. The van der Waals surface area contributed by atoms with E-state index in [9.17, 15) is 9.59 Å². The highest BCUT2D eigenvalue weighted by Crippen LogP contribution is 2.20. The predicted molar refractivity (Wildman–Crippen MR) is 79.1 cm³/mol. The first-order chi connectivity index (χ1) is 9.24. The average Bonchev–Trinajstić information content (AvgIpc) is 2.86. The van der Waals surface area contributed by atoms with Crippen molar-refractivity contribution in [3.8, 4) is 0 Å². The summed E-state index contributed by atoms with van der Waals surface area (Å²) < 4.78 is 5.42. The number of carbonyl (C=O) groups is 2. The molecular formula is C16H27NO3. The summed E-state index contributed by atoms with van der Waals surface area (Å²) in [6.45, 7) is 9.47. The lowest BCUT2D eigenvalue weighted by molar-refractivity contribution is -0.160. The van der Waals surface area contributed by atoms with Crippen LogP contribution in [0, 0.1) is 11.8 Å². The van der Waals surface area contributed by atoms with Gasteiger partial charge < -0.3 is 10.1 Å². The van der Waals surface area contributed by atoms with Crippen molar-refractivity contribution in [2.75, 3.05) is 0 Å². The monoisotopic (exact) mass is 281 g/mol. The van der Waals surface area contributed by atoms with Gasteiger partial charge in [-0.1, -0.05) is 32.4 Å². The molecule has 0 unspecified atom stereocenters. The molecule has 0 spiro atoms. The third-order valence-corrected chi connectivity index (χ3v) is 3.55. The topological polar surface area (TPSA) is 55.4 Å². The van der Waals surface area contributed by atoms with Crippen LogP contribution < -0.4 is 5.32 Å². The van der Waals surface area contributed by atoms with E-state index in [4.69, 9.17) is 4.74 Å². The van der Waals surface area contributed by atoms with Crippen molar-refractivity contribution in [1.82, 2.24) is 5.32 Å². The van der Waals surface area contributed by atoms with Crippen LogP contribution in [0.3, 0.4) is 0 Å². The zero-order valence-electron chi connectivity index (χ0n) is 13.2. The van der Waals surface area contributed by atoms with E-state index >= 15 is 0 Å². The molecule has 1 aliphatic carbocycles. The molecule has 0 fully saturated rings. The van der Waals surface area contributed by atoms with Crippen LogP contribution in [-0.2, 0) is 14.3 Å². The lowest BCUT2D eigenvalue weighted by Crippen LogP contribution is -2.49. The molecule has 1 N–H and O–H groups in total. The molecule has 4 nitrogen and oxygen atoms in total. The summed E-state index contributed by atoms with van der Waals surface area (Å²) in [5, 5.41) is 2.88. The molecule has 1 aliphatic rings. The van der Waals surface area contributed by atoms with Gasteiger partial charge in [0.1, 0.15) is 11.6 Å². The fourth-order valence-electron chi connectivity index (χ4n) is 2.14. The Morgan fingerprint density at radius 1 is 1.30 bits per heavy atom. The molecule has 0 radical (unpaired) electrons. The lowest BCUT2D eigenvalue weighted by atomic mass is 9.97. The molecule has 0 aromatic rings. The van der Waals surface area contributed by atoms with Crippen molar-refractivity contribution in [3.63, 3.8) is 0 Å². The predicted octanol–water partition coefficient (Wildman–Crippen LogP) is 2.83. The molecule has 1 amide bonds. The molecule has 20 heavy (non-hydrogen) atoms. The van der Waals surface area contributed by atoms with Crippen LogP contribution in [0.25, 0.3) is 0 Å². The maximum atomic E-state index is 12.3. The van der Waals surface area contributed by atoms with E-state index in [0.717, 1.165) is 19.3 Å². The smallest absolute Gasteiger partial charge is 0.329 e. The zero-order valence-corrected chi connectivity index (χ0v) is 13.2. The minimum Gasteiger partial charge on any atom is -0.458 e. The second kappa shape index (κ2) is 6.91. The van der Waals surface area contributed by atoms with Gasteiger partial charge in [0.05, 0.1) is 0 Å². The van der Waals surface area contributed by atoms with Gasteiger partial charge in [-0.25, -0.2) is 4.79 Å².